The Hall–Kier alpha value is -1.11. The minimum Gasteiger partial charge on any atom is -0.466 e. The molecule has 20 heavy (non-hydrogen) atoms. The predicted molar refractivity (Wildman–Crippen MR) is 86.6 cm³/mol. The number of hydrogen-bond donors (Lipinski definition) is 1. The summed E-state index contributed by atoms with van der Waals surface area (Å²) in [5.74, 6) is -0.192. The quantitative estimate of drug-likeness (QED) is 0.422. The smallest absolute Gasteiger partial charge is 0.305 e. The van der Waals surface area contributed by atoms with Crippen molar-refractivity contribution in [3.63, 3.8) is 0 Å². The summed E-state index contributed by atoms with van der Waals surface area (Å²) >= 11 is 2.21. The van der Waals surface area contributed by atoms with E-state index in [4.69, 9.17) is 4.74 Å². The third kappa shape index (κ3) is 6.88. The van der Waals surface area contributed by atoms with E-state index < -0.39 is 0 Å². The van der Waals surface area contributed by atoms with E-state index in [9.17, 15) is 9.59 Å². The van der Waals surface area contributed by atoms with Gasteiger partial charge in [0, 0.05) is 22.1 Å². The highest BCUT2D eigenvalue weighted by Crippen LogP contribution is 2.07. The summed E-state index contributed by atoms with van der Waals surface area (Å²) in [6.07, 6.45) is 3.04. The van der Waals surface area contributed by atoms with Gasteiger partial charge in [0.15, 0.2) is 0 Å². The monoisotopic (exact) mass is 389 g/mol. The average Bonchev–Trinajstić information content (AvgIpc) is 2.43. The van der Waals surface area contributed by atoms with Crippen LogP contribution in [0.3, 0.4) is 0 Å². The number of hydrogen-bond acceptors (Lipinski definition) is 3. The summed E-state index contributed by atoms with van der Waals surface area (Å²) in [6, 6.07) is 7.46. The highest BCUT2D eigenvalue weighted by atomic mass is 127. The van der Waals surface area contributed by atoms with E-state index >= 15 is 0 Å². The fraction of sp³-hybridized carbons (Fsp3) is 0.467. The summed E-state index contributed by atoms with van der Waals surface area (Å²) < 4.78 is 5.95. The first-order chi connectivity index (χ1) is 9.63. The van der Waals surface area contributed by atoms with Gasteiger partial charge in [-0.1, -0.05) is 6.42 Å². The van der Waals surface area contributed by atoms with Crippen molar-refractivity contribution in [2.75, 3.05) is 13.2 Å². The number of carbonyl (C=O) groups is 2. The van der Waals surface area contributed by atoms with Gasteiger partial charge in [0.05, 0.1) is 6.61 Å². The first-order valence-electron chi connectivity index (χ1n) is 6.83. The van der Waals surface area contributed by atoms with Crippen molar-refractivity contribution in [3.05, 3.63) is 33.4 Å². The molecule has 0 heterocycles. The minimum absolute atomic E-state index is 0.0493. The van der Waals surface area contributed by atoms with Crippen LogP contribution in [0.4, 0.5) is 0 Å². The molecule has 0 aliphatic heterocycles. The highest BCUT2D eigenvalue weighted by molar-refractivity contribution is 14.1. The molecule has 0 saturated heterocycles. The van der Waals surface area contributed by atoms with Crippen LogP contribution in [0.5, 0.6) is 0 Å². The van der Waals surface area contributed by atoms with Crippen LogP contribution >= 0.6 is 22.6 Å². The molecule has 5 heteroatoms. The van der Waals surface area contributed by atoms with Crippen molar-refractivity contribution in [2.45, 2.75) is 32.6 Å². The van der Waals surface area contributed by atoms with Gasteiger partial charge in [-0.3, -0.25) is 9.59 Å². The molecule has 1 aromatic carbocycles. The minimum atomic E-state index is -0.143. The van der Waals surface area contributed by atoms with E-state index in [-0.39, 0.29) is 11.9 Å². The summed E-state index contributed by atoms with van der Waals surface area (Å²) in [5.41, 5.74) is 0.678. The summed E-state index contributed by atoms with van der Waals surface area (Å²) in [6.45, 7) is 2.87. The number of unbranched alkanes of at least 4 members (excludes halogenated alkanes) is 2. The van der Waals surface area contributed by atoms with E-state index in [1.54, 1.807) is 6.92 Å². The predicted octanol–water partition coefficient (Wildman–Crippen LogP) is 3.14. The van der Waals surface area contributed by atoms with Gasteiger partial charge in [0.1, 0.15) is 0 Å². The number of esters is 1. The number of halogens is 1. The standard InChI is InChI=1S/C15H20INO3/c1-2-20-14(18)6-4-3-5-11-17-15(19)12-7-9-13(16)10-8-12/h7-10H,2-6,11H2,1H3,(H,17,19). The van der Waals surface area contributed by atoms with Gasteiger partial charge in [-0.05, 0) is 66.6 Å². The molecule has 0 saturated carbocycles. The maximum absolute atomic E-state index is 11.8. The SMILES string of the molecule is CCOC(=O)CCCCCNC(=O)c1ccc(I)cc1. The zero-order valence-corrected chi connectivity index (χ0v) is 13.8. The van der Waals surface area contributed by atoms with E-state index in [1.807, 2.05) is 24.3 Å². The number of carbonyl (C=O) groups excluding carboxylic acids is 2. The summed E-state index contributed by atoms with van der Waals surface area (Å²) in [4.78, 5) is 22.9. The molecule has 0 unspecified atom stereocenters. The zero-order chi connectivity index (χ0) is 14.8. The lowest BCUT2D eigenvalue weighted by atomic mass is 10.2. The van der Waals surface area contributed by atoms with Gasteiger partial charge in [0.2, 0.25) is 0 Å². The third-order valence-corrected chi connectivity index (χ3v) is 3.47. The Morgan fingerprint density at radius 3 is 2.50 bits per heavy atom. The van der Waals surface area contributed by atoms with Crippen LogP contribution in [-0.4, -0.2) is 25.0 Å². The molecule has 1 N–H and O–H groups in total. The van der Waals surface area contributed by atoms with Crippen LogP contribution in [0.2, 0.25) is 0 Å². The number of amides is 1. The second kappa shape index (κ2) is 9.74. The Morgan fingerprint density at radius 1 is 1.15 bits per heavy atom. The number of nitrogens with one attached hydrogen (secondary N) is 1. The van der Waals surface area contributed by atoms with Crippen LogP contribution in [0.1, 0.15) is 43.0 Å². The van der Waals surface area contributed by atoms with Gasteiger partial charge < -0.3 is 10.1 Å². The van der Waals surface area contributed by atoms with E-state index in [2.05, 4.69) is 27.9 Å². The molecule has 1 rings (SSSR count). The first kappa shape index (κ1) is 16.9. The van der Waals surface area contributed by atoms with Crippen LogP contribution in [0.15, 0.2) is 24.3 Å². The second-order valence-corrected chi connectivity index (χ2v) is 5.62. The number of ether oxygens (including phenoxy) is 1. The van der Waals surface area contributed by atoms with Crippen molar-refractivity contribution in [2.24, 2.45) is 0 Å². The summed E-state index contributed by atoms with van der Waals surface area (Å²) in [7, 11) is 0. The Bertz CT molecular complexity index is 431. The molecule has 1 aromatic rings. The Kier molecular flexibility index (Phi) is 8.25. The van der Waals surface area contributed by atoms with E-state index in [0.717, 1.165) is 22.8 Å². The molecule has 0 aromatic heterocycles. The largest absolute Gasteiger partial charge is 0.466 e. The lowest BCUT2D eigenvalue weighted by Crippen LogP contribution is -2.24. The fourth-order valence-corrected chi connectivity index (χ4v) is 2.07. The first-order valence-corrected chi connectivity index (χ1v) is 7.90. The van der Waals surface area contributed by atoms with Gasteiger partial charge >= 0.3 is 5.97 Å². The van der Waals surface area contributed by atoms with Crippen molar-refractivity contribution in [3.8, 4) is 0 Å². The average molecular weight is 389 g/mol. The fourth-order valence-electron chi connectivity index (χ4n) is 1.71. The second-order valence-electron chi connectivity index (χ2n) is 4.38. The van der Waals surface area contributed by atoms with Crippen molar-refractivity contribution in [1.29, 1.82) is 0 Å². The molecule has 4 nitrogen and oxygen atoms in total. The topological polar surface area (TPSA) is 55.4 Å². The third-order valence-electron chi connectivity index (χ3n) is 2.75. The van der Waals surface area contributed by atoms with Crippen LogP contribution in [0, 0.1) is 3.57 Å². The Labute approximate surface area is 133 Å². The Balaban J connectivity index is 2.10. The van der Waals surface area contributed by atoms with Crippen LogP contribution in [-0.2, 0) is 9.53 Å². The van der Waals surface area contributed by atoms with Gasteiger partial charge in [0.25, 0.3) is 5.91 Å². The molecule has 0 atom stereocenters. The van der Waals surface area contributed by atoms with Gasteiger partial charge in [-0.15, -0.1) is 0 Å². The molecular formula is C15H20INO3. The lowest BCUT2D eigenvalue weighted by Gasteiger charge is -2.05. The lowest BCUT2D eigenvalue weighted by molar-refractivity contribution is -0.143. The van der Waals surface area contributed by atoms with Crippen molar-refractivity contribution < 1.29 is 14.3 Å². The van der Waals surface area contributed by atoms with Crippen molar-refractivity contribution in [1.82, 2.24) is 5.32 Å². The van der Waals surface area contributed by atoms with Crippen LogP contribution < -0.4 is 5.32 Å². The summed E-state index contributed by atoms with van der Waals surface area (Å²) in [5, 5.41) is 2.87. The van der Waals surface area contributed by atoms with E-state index in [0.29, 0.717) is 25.1 Å². The number of benzene rings is 1. The molecule has 0 fully saturated rings. The van der Waals surface area contributed by atoms with E-state index in [1.165, 1.54) is 0 Å². The maximum atomic E-state index is 11.8. The maximum Gasteiger partial charge on any atom is 0.305 e. The van der Waals surface area contributed by atoms with Gasteiger partial charge in [-0.25, -0.2) is 0 Å². The molecule has 0 radical (unpaired) electrons. The van der Waals surface area contributed by atoms with Gasteiger partial charge in [-0.2, -0.15) is 0 Å². The van der Waals surface area contributed by atoms with Crippen molar-refractivity contribution >= 4 is 34.5 Å². The normalized spacial score (nSPS) is 10.1. The molecule has 0 spiro atoms. The number of rotatable bonds is 8. The zero-order valence-electron chi connectivity index (χ0n) is 11.7. The molecule has 0 aliphatic rings. The van der Waals surface area contributed by atoms with Crippen LogP contribution in [0.25, 0.3) is 0 Å². The molecule has 0 aliphatic carbocycles. The Morgan fingerprint density at radius 2 is 1.85 bits per heavy atom. The molecule has 0 bridgehead atoms. The highest BCUT2D eigenvalue weighted by Gasteiger charge is 2.04. The molecule has 110 valence electrons. The molecule has 1 amide bonds. The molecular weight excluding hydrogens is 369 g/mol.